The van der Waals surface area contributed by atoms with E-state index in [-0.39, 0.29) is 23.6 Å². The van der Waals surface area contributed by atoms with Crippen molar-refractivity contribution in [3.05, 3.63) is 59.7 Å². The molecule has 21 heavy (non-hydrogen) atoms. The average Bonchev–Trinajstić information content (AvgIpc) is 2.47. The Bertz CT molecular complexity index is 658. The number of benzene rings is 2. The summed E-state index contributed by atoms with van der Waals surface area (Å²) in [6.07, 6.45) is 0. The van der Waals surface area contributed by atoms with Gasteiger partial charge in [-0.3, -0.25) is 4.79 Å². The van der Waals surface area contributed by atoms with Crippen molar-refractivity contribution in [3.8, 4) is 5.75 Å². The SMILES string of the molecule is COc1ccc(C(=O)CN(C)c2ccccc2F)cc1F. The third kappa shape index (κ3) is 3.37. The third-order valence-corrected chi connectivity index (χ3v) is 3.12. The Hall–Kier alpha value is -2.43. The molecule has 0 unspecified atom stereocenters. The molecule has 2 aromatic rings. The zero-order chi connectivity index (χ0) is 15.4. The molecule has 0 heterocycles. The lowest BCUT2D eigenvalue weighted by Gasteiger charge is -2.19. The van der Waals surface area contributed by atoms with Crippen LogP contribution in [0, 0.1) is 11.6 Å². The molecular weight excluding hydrogens is 276 g/mol. The second-order valence-electron chi connectivity index (χ2n) is 4.58. The second kappa shape index (κ2) is 6.35. The number of hydrogen-bond acceptors (Lipinski definition) is 3. The highest BCUT2D eigenvalue weighted by Gasteiger charge is 2.14. The van der Waals surface area contributed by atoms with E-state index in [1.54, 1.807) is 25.2 Å². The van der Waals surface area contributed by atoms with Gasteiger partial charge in [0.2, 0.25) is 0 Å². The Labute approximate surface area is 121 Å². The first kappa shape index (κ1) is 15.0. The van der Waals surface area contributed by atoms with Gasteiger partial charge in [-0.2, -0.15) is 0 Å². The van der Waals surface area contributed by atoms with Crippen LogP contribution in [0.2, 0.25) is 0 Å². The van der Waals surface area contributed by atoms with Crippen LogP contribution in [0.15, 0.2) is 42.5 Å². The molecule has 0 radical (unpaired) electrons. The topological polar surface area (TPSA) is 29.5 Å². The van der Waals surface area contributed by atoms with E-state index in [2.05, 4.69) is 0 Å². The number of carbonyl (C=O) groups is 1. The van der Waals surface area contributed by atoms with Gasteiger partial charge in [0.1, 0.15) is 5.82 Å². The maximum Gasteiger partial charge on any atom is 0.182 e. The van der Waals surface area contributed by atoms with Crippen LogP contribution in [0.3, 0.4) is 0 Å². The number of likely N-dealkylation sites (N-methyl/N-ethyl adjacent to an activating group) is 1. The van der Waals surface area contributed by atoms with Gasteiger partial charge in [0.05, 0.1) is 19.3 Å². The molecule has 0 aromatic heterocycles. The standard InChI is InChI=1S/C16H15F2NO2/c1-19(14-6-4-3-5-12(14)17)10-15(20)11-7-8-16(21-2)13(18)9-11/h3-9H,10H2,1-2H3. The van der Waals surface area contributed by atoms with Crippen molar-refractivity contribution in [2.75, 3.05) is 25.6 Å². The van der Waals surface area contributed by atoms with Crippen molar-refractivity contribution in [1.82, 2.24) is 0 Å². The predicted octanol–water partition coefficient (Wildman–Crippen LogP) is 3.29. The fourth-order valence-corrected chi connectivity index (χ4v) is 1.99. The van der Waals surface area contributed by atoms with Gasteiger partial charge in [0.15, 0.2) is 17.3 Å². The number of ether oxygens (including phenoxy) is 1. The molecule has 0 saturated carbocycles. The van der Waals surface area contributed by atoms with E-state index in [4.69, 9.17) is 4.74 Å². The number of carbonyl (C=O) groups excluding carboxylic acids is 1. The van der Waals surface area contributed by atoms with Crippen LogP contribution in [-0.4, -0.2) is 26.5 Å². The molecule has 0 aliphatic carbocycles. The highest BCUT2D eigenvalue weighted by molar-refractivity contribution is 5.99. The molecule has 0 N–H and O–H groups in total. The summed E-state index contributed by atoms with van der Waals surface area (Å²) in [5.41, 5.74) is 0.538. The minimum Gasteiger partial charge on any atom is -0.494 e. The molecule has 110 valence electrons. The number of halogens is 2. The molecule has 5 heteroatoms. The summed E-state index contributed by atoms with van der Waals surface area (Å²) in [5, 5.41) is 0. The summed E-state index contributed by atoms with van der Waals surface area (Å²) in [5.74, 6) is -1.23. The molecule has 0 spiro atoms. The molecule has 0 saturated heterocycles. The lowest BCUT2D eigenvalue weighted by molar-refractivity contribution is 0.0999. The lowest BCUT2D eigenvalue weighted by atomic mass is 10.1. The number of methoxy groups -OCH3 is 1. The Kier molecular flexibility index (Phi) is 4.52. The minimum absolute atomic E-state index is 0.0489. The molecule has 0 amide bonds. The van der Waals surface area contributed by atoms with Crippen LogP contribution < -0.4 is 9.64 Å². The first-order chi connectivity index (χ1) is 10.0. The molecular formula is C16H15F2NO2. The quantitative estimate of drug-likeness (QED) is 0.792. The van der Waals surface area contributed by atoms with E-state index in [1.807, 2.05) is 0 Å². The normalized spacial score (nSPS) is 10.3. The van der Waals surface area contributed by atoms with E-state index in [9.17, 15) is 13.6 Å². The largest absolute Gasteiger partial charge is 0.494 e. The van der Waals surface area contributed by atoms with E-state index in [0.717, 1.165) is 6.07 Å². The minimum atomic E-state index is -0.600. The van der Waals surface area contributed by atoms with Gasteiger partial charge in [-0.05, 0) is 30.3 Å². The zero-order valence-corrected chi connectivity index (χ0v) is 11.8. The van der Waals surface area contributed by atoms with Crippen LogP contribution in [0.4, 0.5) is 14.5 Å². The summed E-state index contributed by atoms with van der Waals surface area (Å²) in [7, 11) is 2.96. The first-order valence-electron chi connectivity index (χ1n) is 6.35. The number of Topliss-reactive ketones (excluding diaryl/α,β-unsaturated/α-hetero) is 1. The predicted molar refractivity (Wildman–Crippen MR) is 77.0 cm³/mol. The zero-order valence-electron chi connectivity index (χ0n) is 11.8. The fourth-order valence-electron chi connectivity index (χ4n) is 1.99. The molecule has 0 aliphatic heterocycles. The van der Waals surface area contributed by atoms with Crippen molar-refractivity contribution in [1.29, 1.82) is 0 Å². The number of rotatable bonds is 5. The number of ketones is 1. The van der Waals surface area contributed by atoms with Crippen LogP contribution in [0.1, 0.15) is 10.4 Å². The van der Waals surface area contributed by atoms with Crippen LogP contribution in [-0.2, 0) is 0 Å². The maximum atomic E-state index is 13.6. The molecule has 3 nitrogen and oxygen atoms in total. The van der Waals surface area contributed by atoms with Crippen LogP contribution >= 0.6 is 0 Å². The number of anilines is 1. The van der Waals surface area contributed by atoms with Crippen LogP contribution in [0.5, 0.6) is 5.75 Å². The van der Waals surface area contributed by atoms with Crippen molar-refractivity contribution in [2.24, 2.45) is 0 Å². The van der Waals surface area contributed by atoms with E-state index in [1.165, 1.54) is 30.2 Å². The van der Waals surface area contributed by atoms with Crippen molar-refractivity contribution >= 4 is 11.5 Å². The summed E-state index contributed by atoms with van der Waals surface area (Å²) < 4.78 is 32.0. The second-order valence-corrected chi connectivity index (χ2v) is 4.58. The van der Waals surface area contributed by atoms with Crippen LogP contribution in [0.25, 0.3) is 0 Å². The molecule has 0 fully saturated rings. The van der Waals surface area contributed by atoms with Gasteiger partial charge in [-0.1, -0.05) is 12.1 Å². The highest BCUT2D eigenvalue weighted by atomic mass is 19.1. The summed E-state index contributed by atoms with van der Waals surface area (Å²) in [6.45, 7) is -0.0489. The van der Waals surface area contributed by atoms with Gasteiger partial charge in [0, 0.05) is 12.6 Å². The lowest BCUT2D eigenvalue weighted by Crippen LogP contribution is -2.26. The van der Waals surface area contributed by atoms with Gasteiger partial charge < -0.3 is 9.64 Å². The maximum absolute atomic E-state index is 13.6. The molecule has 2 aromatic carbocycles. The van der Waals surface area contributed by atoms with Gasteiger partial charge in [-0.15, -0.1) is 0 Å². The van der Waals surface area contributed by atoms with Crippen molar-refractivity contribution in [2.45, 2.75) is 0 Å². The van der Waals surface area contributed by atoms with Gasteiger partial charge >= 0.3 is 0 Å². The first-order valence-corrected chi connectivity index (χ1v) is 6.35. The Morgan fingerprint density at radius 1 is 1.14 bits per heavy atom. The van der Waals surface area contributed by atoms with E-state index in [0.29, 0.717) is 5.69 Å². The molecule has 0 bridgehead atoms. The highest BCUT2D eigenvalue weighted by Crippen LogP contribution is 2.20. The molecule has 0 atom stereocenters. The third-order valence-electron chi connectivity index (χ3n) is 3.12. The Morgan fingerprint density at radius 3 is 2.48 bits per heavy atom. The van der Waals surface area contributed by atoms with Crippen molar-refractivity contribution in [3.63, 3.8) is 0 Å². The monoisotopic (exact) mass is 291 g/mol. The van der Waals surface area contributed by atoms with E-state index < -0.39 is 11.6 Å². The number of nitrogens with zero attached hydrogens (tertiary/aromatic N) is 1. The van der Waals surface area contributed by atoms with Gasteiger partial charge in [-0.25, -0.2) is 8.78 Å². The Balaban J connectivity index is 2.14. The smallest absolute Gasteiger partial charge is 0.182 e. The fraction of sp³-hybridized carbons (Fsp3) is 0.188. The average molecular weight is 291 g/mol. The number of para-hydroxylation sites is 1. The summed E-state index contributed by atoms with van der Waals surface area (Å²) in [6, 6.07) is 10.2. The number of hydrogen-bond donors (Lipinski definition) is 0. The van der Waals surface area contributed by atoms with Crippen molar-refractivity contribution < 1.29 is 18.3 Å². The summed E-state index contributed by atoms with van der Waals surface area (Å²) >= 11 is 0. The molecule has 2 rings (SSSR count). The Morgan fingerprint density at radius 2 is 1.86 bits per heavy atom. The summed E-state index contributed by atoms with van der Waals surface area (Å²) in [4.78, 5) is 13.6. The molecule has 0 aliphatic rings. The van der Waals surface area contributed by atoms with E-state index >= 15 is 0 Å². The van der Waals surface area contributed by atoms with Gasteiger partial charge in [0.25, 0.3) is 0 Å².